The van der Waals surface area contributed by atoms with Crippen molar-refractivity contribution < 1.29 is 33.1 Å². The van der Waals surface area contributed by atoms with Crippen molar-refractivity contribution in [2.24, 2.45) is 11.8 Å². The number of nitrogens with zero attached hydrogens (tertiary/aromatic N) is 2. The molecular weight excluding hydrogens is 472 g/mol. The van der Waals surface area contributed by atoms with E-state index >= 15 is 0 Å². The maximum absolute atomic E-state index is 12.8. The molecule has 0 aromatic rings. The van der Waals surface area contributed by atoms with E-state index in [2.05, 4.69) is 16.0 Å². The standard InChI is InChI=1S/C21H31F2N5O5S/c1-9-14-13(10(2)26-19(30)17(22)23)20(31)28(14)15(21(32)33)16(9)34-11-7-12(25-8-11)18(29)24-5-6-27(3)4/h9-14,17,25H,5-8H2,1-4H3,(H,24,29)(H,26,30)(H,32,33)/t9-,10-,11+,12+,13-,14-/m1/s1. The summed E-state index contributed by atoms with van der Waals surface area (Å²) in [6.07, 6.45) is -2.69. The monoisotopic (exact) mass is 503 g/mol. The molecule has 3 rings (SSSR count). The summed E-state index contributed by atoms with van der Waals surface area (Å²) in [5.41, 5.74) is -0.102. The van der Waals surface area contributed by atoms with E-state index < -0.39 is 42.2 Å². The smallest absolute Gasteiger partial charge is 0.353 e. The van der Waals surface area contributed by atoms with Gasteiger partial charge >= 0.3 is 12.4 Å². The molecule has 190 valence electrons. The van der Waals surface area contributed by atoms with Gasteiger partial charge in [0.25, 0.3) is 5.91 Å². The lowest BCUT2D eigenvalue weighted by Gasteiger charge is -2.47. The molecule has 4 N–H and O–H groups in total. The van der Waals surface area contributed by atoms with Crippen LogP contribution in [-0.2, 0) is 19.2 Å². The number of thioether (sulfide) groups is 1. The number of nitrogens with one attached hydrogen (secondary N) is 3. The fourth-order valence-corrected chi connectivity index (χ4v) is 6.25. The number of hydrogen-bond donors (Lipinski definition) is 4. The third-order valence-electron chi connectivity index (χ3n) is 6.46. The van der Waals surface area contributed by atoms with E-state index in [0.717, 1.165) is 0 Å². The van der Waals surface area contributed by atoms with Gasteiger partial charge in [-0.25, -0.2) is 4.79 Å². The molecule has 0 bridgehead atoms. The van der Waals surface area contributed by atoms with Crippen LogP contribution in [0, 0.1) is 11.8 Å². The predicted octanol–water partition coefficient (Wildman–Crippen LogP) is -0.329. The minimum atomic E-state index is -3.20. The number of carbonyl (C=O) groups excluding carboxylic acids is 3. The lowest BCUT2D eigenvalue weighted by molar-refractivity contribution is -0.159. The number of fused-ring (bicyclic) bond motifs is 1. The van der Waals surface area contributed by atoms with Crippen LogP contribution in [0.5, 0.6) is 0 Å². The van der Waals surface area contributed by atoms with E-state index in [-0.39, 0.29) is 28.8 Å². The van der Waals surface area contributed by atoms with Crippen LogP contribution < -0.4 is 16.0 Å². The van der Waals surface area contributed by atoms with E-state index in [1.807, 2.05) is 19.0 Å². The van der Waals surface area contributed by atoms with Gasteiger partial charge < -0.3 is 30.9 Å². The van der Waals surface area contributed by atoms with Gasteiger partial charge in [-0.1, -0.05) is 6.92 Å². The highest BCUT2D eigenvalue weighted by molar-refractivity contribution is 8.03. The molecule has 3 heterocycles. The molecule has 0 radical (unpaired) electrons. The lowest BCUT2D eigenvalue weighted by atomic mass is 9.78. The largest absolute Gasteiger partial charge is 0.477 e. The Balaban J connectivity index is 1.66. The minimum Gasteiger partial charge on any atom is -0.477 e. The maximum atomic E-state index is 12.8. The number of amides is 3. The second kappa shape index (κ2) is 10.6. The number of carboxylic acids is 1. The quantitative estimate of drug-likeness (QED) is 0.298. The SMILES string of the molecule is C[C@@H](NC(=O)C(F)F)[C@H]1C(=O)N2C(C(=O)O)=C(S[C@@H]3CN[C@H](C(=O)NCCN(C)C)C3)[C@H](C)[C@H]12. The minimum absolute atomic E-state index is 0.0698. The number of rotatable bonds is 10. The lowest BCUT2D eigenvalue weighted by Crippen LogP contribution is -2.66. The number of halogens is 2. The van der Waals surface area contributed by atoms with Crippen molar-refractivity contribution >= 4 is 35.5 Å². The number of likely N-dealkylation sites (N-methyl/N-ethyl adjacent to an activating group) is 1. The summed E-state index contributed by atoms with van der Waals surface area (Å²) in [5.74, 6) is -4.46. The molecule has 0 aliphatic carbocycles. The molecule has 0 unspecified atom stereocenters. The Morgan fingerprint density at radius 2 is 2.00 bits per heavy atom. The maximum Gasteiger partial charge on any atom is 0.353 e. The van der Waals surface area contributed by atoms with E-state index in [0.29, 0.717) is 31.0 Å². The van der Waals surface area contributed by atoms with Crippen molar-refractivity contribution in [2.45, 2.75) is 50.1 Å². The number of carbonyl (C=O) groups is 4. The zero-order valence-corrected chi connectivity index (χ0v) is 20.3. The first-order chi connectivity index (χ1) is 15.9. The Bertz CT molecular complexity index is 886. The normalized spacial score (nSPS) is 29.4. The first kappa shape index (κ1) is 26.4. The average molecular weight is 504 g/mol. The van der Waals surface area contributed by atoms with Crippen molar-refractivity contribution in [3.05, 3.63) is 10.6 Å². The Hall–Kier alpha value is -2.25. The Kier molecular flexibility index (Phi) is 8.19. The zero-order valence-electron chi connectivity index (χ0n) is 19.5. The third kappa shape index (κ3) is 5.20. The van der Waals surface area contributed by atoms with Crippen LogP contribution in [0.4, 0.5) is 8.78 Å². The summed E-state index contributed by atoms with van der Waals surface area (Å²) in [5, 5.41) is 18.0. The van der Waals surface area contributed by atoms with Gasteiger partial charge in [0.15, 0.2) is 0 Å². The first-order valence-corrected chi connectivity index (χ1v) is 12.0. The van der Waals surface area contributed by atoms with Gasteiger partial charge in [-0.15, -0.1) is 11.8 Å². The number of carboxylic acid groups (broad SMARTS) is 1. The molecular formula is C21H31F2N5O5S. The highest BCUT2D eigenvalue weighted by Crippen LogP contribution is 2.51. The summed E-state index contributed by atoms with van der Waals surface area (Å²) in [6.45, 7) is 5.01. The summed E-state index contributed by atoms with van der Waals surface area (Å²) >= 11 is 1.34. The first-order valence-electron chi connectivity index (χ1n) is 11.2. The second-order valence-corrected chi connectivity index (χ2v) is 10.5. The molecule has 13 heteroatoms. The van der Waals surface area contributed by atoms with Gasteiger partial charge in [0.1, 0.15) is 5.70 Å². The van der Waals surface area contributed by atoms with Gasteiger partial charge in [-0.05, 0) is 27.4 Å². The van der Waals surface area contributed by atoms with E-state index in [1.165, 1.54) is 23.6 Å². The Labute approximate surface area is 200 Å². The highest BCUT2D eigenvalue weighted by Gasteiger charge is 2.60. The Morgan fingerprint density at radius 1 is 1.32 bits per heavy atom. The van der Waals surface area contributed by atoms with Crippen LogP contribution in [0.15, 0.2) is 10.6 Å². The van der Waals surface area contributed by atoms with Gasteiger partial charge in [-0.2, -0.15) is 8.78 Å². The van der Waals surface area contributed by atoms with Crippen molar-refractivity contribution in [3.8, 4) is 0 Å². The molecule has 0 saturated carbocycles. The molecule has 0 spiro atoms. The van der Waals surface area contributed by atoms with E-state index in [9.17, 15) is 33.1 Å². The molecule has 3 aliphatic heterocycles. The van der Waals surface area contributed by atoms with Crippen LogP contribution in [0.2, 0.25) is 0 Å². The topological polar surface area (TPSA) is 131 Å². The van der Waals surface area contributed by atoms with Gasteiger partial charge in [0.05, 0.1) is 18.0 Å². The highest BCUT2D eigenvalue weighted by atomic mass is 32.2. The molecule has 2 fully saturated rings. The van der Waals surface area contributed by atoms with Gasteiger partial charge in [0.2, 0.25) is 11.8 Å². The molecule has 34 heavy (non-hydrogen) atoms. The fourth-order valence-electron chi connectivity index (χ4n) is 4.77. The van der Waals surface area contributed by atoms with Crippen LogP contribution >= 0.6 is 11.8 Å². The summed E-state index contributed by atoms with van der Waals surface area (Å²) in [7, 11) is 3.82. The van der Waals surface area contributed by atoms with Crippen LogP contribution in [0.1, 0.15) is 20.3 Å². The van der Waals surface area contributed by atoms with E-state index in [1.54, 1.807) is 6.92 Å². The number of β-lactam (4-membered cyclic amide) rings is 1. The zero-order chi connectivity index (χ0) is 25.3. The fraction of sp³-hybridized carbons (Fsp3) is 0.714. The second-order valence-electron chi connectivity index (χ2n) is 9.16. The van der Waals surface area contributed by atoms with Gasteiger partial charge in [-0.3, -0.25) is 14.4 Å². The number of aliphatic carboxylic acids is 1. The number of hydrogen-bond acceptors (Lipinski definition) is 7. The predicted molar refractivity (Wildman–Crippen MR) is 121 cm³/mol. The summed E-state index contributed by atoms with van der Waals surface area (Å²) in [4.78, 5) is 52.3. The van der Waals surface area contributed by atoms with Crippen molar-refractivity contribution in [1.82, 2.24) is 25.8 Å². The van der Waals surface area contributed by atoms with Crippen molar-refractivity contribution in [3.63, 3.8) is 0 Å². The summed E-state index contributed by atoms with van der Waals surface area (Å²) in [6, 6.07) is -1.78. The van der Waals surface area contributed by atoms with E-state index in [4.69, 9.17) is 0 Å². The Morgan fingerprint density at radius 3 is 2.59 bits per heavy atom. The van der Waals surface area contributed by atoms with Crippen molar-refractivity contribution in [2.75, 3.05) is 33.7 Å². The third-order valence-corrected chi connectivity index (χ3v) is 7.97. The molecule has 0 aromatic heterocycles. The molecule has 6 atom stereocenters. The average Bonchev–Trinajstić information content (AvgIpc) is 3.30. The molecule has 2 saturated heterocycles. The van der Waals surface area contributed by atoms with Crippen LogP contribution in [0.25, 0.3) is 0 Å². The van der Waals surface area contributed by atoms with Crippen LogP contribution in [-0.4, -0.2) is 102 Å². The number of alkyl halides is 2. The molecule has 3 aliphatic rings. The molecule has 10 nitrogen and oxygen atoms in total. The molecule has 0 aromatic carbocycles. The van der Waals surface area contributed by atoms with Crippen LogP contribution in [0.3, 0.4) is 0 Å². The van der Waals surface area contributed by atoms with Gasteiger partial charge in [0, 0.05) is 41.7 Å². The van der Waals surface area contributed by atoms with Crippen molar-refractivity contribution in [1.29, 1.82) is 0 Å². The molecule has 3 amide bonds. The summed E-state index contributed by atoms with van der Waals surface area (Å²) < 4.78 is 25.3.